The fourth-order valence-electron chi connectivity index (χ4n) is 5.72. The minimum Gasteiger partial charge on any atom is -0.352 e. The lowest BCUT2D eigenvalue weighted by atomic mass is 9.90. The van der Waals surface area contributed by atoms with Crippen LogP contribution in [0.2, 0.25) is 0 Å². The van der Waals surface area contributed by atoms with Gasteiger partial charge in [0.15, 0.2) is 0 Å². The van der Waals surface area contributed by atoms with Gasteiger partial charge in [-0.25, -0.2) is 0 Å². The normalized spacial score (nSPS) is 11.0. The van der Waals surface area contributed by atoms with E-state index in [4.69, 9.17) is 0 Å². The zero-order valence-electron chi connectivity index (χ0n) is 28.6. The predicted octanol–water partition coefficient (Wildman–Crippen LogP) is 9.58. The lowest BCUT2D eigenvalue weighted by Gasteiger charge is -2.16. The van der Waals surface area contributed by atoms with Gasteiger partial charge in [-0.05, 0) is 139 Å². The maximum Gasteiger partial charge on any atom is 0.221 e. The third-order valence-corrected chi connectivity index (χ3v) is 11.7. The Kier molecular flexibility index (Phi) is 12.6. The van der Waals surface area contributed by atoms with Crippen molar-refractivity contribution < 1.29 is 9.59 Å². The molecule has 4 nitrogen and oxygen atoms in total. The molecule has 0 saturated carbocycles. The van der Waals surface area contributed by atoms with E-state index in [9.17, 15) is 9.59 Å². The first kappa shape index (κ1) is 35.4. The first-order valence-electron chi connectivity index (χ1n) is 16.1. The minimum absolute atomic E-state index is 0.0478. The molecule has 0 heterocycles. The molecule has 2 N–H and O–H groups in total. The Labute approximate surface area is 284 Å². The monoisotopic (exact) mass is 652 g/mol. The molecule has 2 amide bonds. The molecule has 4 aromatic rings. The van der Waals surface area contributed by atoms with Crippen molar-refractivity contribution in [2.75, 3.05) is 11.5 Å². The summed E-state index contributed by atoms with van der Waals surface area (Å²) in [6.07, 6.45) is 0.910. The van der Waals surface area contributed by atoms with Crippen molar-refractivity contribution in [3.63, 3.8) is 0 Å². The third-order valence-electron chi connectivity index (χ3n) is 9.29. The first-order chi connectivity index (χ1) is 22.0. The zero-order valence-corrected chi connectivity index (χ0v) is 30.3. The molecule has 46 heavy (non-hydrogen) atoms. The molecule has 0 radical (unpaired) electrons. The van der Waals surface area contributed by atoms with E-state index < -0.39 is 0 Å². The summed E-state index contributed by atoms with van der Waals surface area (Å²) < 4.78 is 0. The maximum atomic E-state index is 12.6. The number of amides is 2. The average Bonchev–Trinajstić information content (AvgIpc) is 3.03. The largest absolute Gasteiger partial charge is 0.352 e. The van der Waals surface area contributed by atoms with Gasteiger partial charge in [0.25, 0.3) is 0 Å². The Balaban J connectivity index is 1.16. The van der Waals surface area contributed by atoms with Crippen LogP contribution >= 0.6 is 21.6 Å². The summed E-state index contributed by atoms with van der Waals surface area (Å²) in [5.41, 5.74) is 17.4. The van der Waals surface area contributed by atoms with Gasteiger partial charge in [-0.2, -0.15) is 0 Å². The Hall–Kier alpha value is -3.48. The highest BCUT2D eigenvalue weighted by atomic mass is 33.1. The Morgan fingerprint density at radius 3 is 1.61 bits per heavy atom. The number of carbonyl (C=O) groups excluding carboxylic acids is 2. The second-order valence-electron chi connectivity index (χ2n) is 12.3. The number of hydrogen-bond acceptors (Lipinski definition) is 4. The Morgan fingerprint density at radius 1 is 0.522 bits per heavy atom. The van der Waals surface area contributed by atoms with E-state index in [2.05, 4.69) is 127 Å². The summed E-state index contributed by atoms with van der Waals surface area (Å²) in [6.45, 7) is 18.3. The summed E-state index contributed by atoms with van der Waals surface area (Å²) >= 11 is 0. The van der Waals surface area contributed by atoms with Gasteiger partial charge in [-0.15, -0.1) is 0 Å². The van der Waals surface area contributed by atoms with Crippen molar-refractivity contribution in [3.05, 3.63) is 116 Å². The van der Waals surface area contributed by atoms with E-state index in [0.717, 1.165) is 11.1 Å². The minimum atomic E-state index is 0.0478. The summed E-state index contributed by atoms with van der Waals surface area (Å²) in [4.78, 5) is 25.1. The molecule has 0 aliphatic carbocycles. The van der Waals surface area contributed by atoms with Crippen molar-refractivity contribution in [2.24, 2.45) is 0 Å². The molecule has 6 heteroatoms. The number of nitrogens with one attached hydrogen (secondary N) is 2. The predicted molar refractivity (Wildman–Crippen MR) is 199 cm³/mol. The standard InChI is InChI=1S/C40H48N2O2S2/c1-25-11-9-13-35(28(25)4)37-16-15-34(31(7)32(37)8)24-42-40(44)18-20-46-45-19-17-39(43)41-23-33-21-27(3)30(6)38(22-33)36-14-10-12-26(2)29(36)5/h9-16,21-22H,17-20,23-24H2,1-8H3,(H,41,43)(H,42,44). The van der Waals surface area contributed by atoms with Crippen LogP contribution in [0.3, 0.4) is 0 Å². The molecule has 0 saturated heterocycles. The molecular weight excluding hydrogens is 605 g/mol. The van der Waals surface area contributed by atoms with Gasteiger partial charge < -0.3 is 10.6 Å². The van der Waals surface area contributed by atoms with Crippen LogP contribution in [0, 0.1) is 55.4 Å². The van der Waals surface area contributed by atoms with Gasteiger partial charge in [0, 0.05) is 37.4 Å². The van der Waals surface area contributed by atoms with E-state index in [0.29, 0.717) is 37.4 Å². The molecule has 0 atom stereocenters. The fourth-order valence-corrected chi connectivity index (χ4v) is 7.70. The maximum absolute atomic E-state index is 12.6. The number of benzene rings is 4. The van der Waals surface area contributed by atoms with Gasteiger partial charge >= 0.3 is 0 Å². The number of rotatable bonds is 13. The van der Waals surface area contributed by atoms with Crippen molar-refractivity contribution in [1.82, 2.24) is 10.6 Å². The highest BCUT2D eigenvalue weighted by Crippen LogP contribution is 2.32. The lowest BCUT2D eigenvalue weighted by Crippen LogP contribution is -2.23. The van der Waals surface area contributed by atoms with Crippen LogP contribution in [0.25, 0.3) is 22.3 Å². The molecular formula is C40H48N2O2S2. The average molecular weight is 653 g/mol. The van der Waals surface area contributed by atoms with Crippen LogP contribution in [0.1, 0.15) is 68.5 Å². The molecule has 0 bridgehead atoms. The zero-order chi connectivity index (χ0) is 33.4. The number of hydrogen-bond donors (Lipinski definition) is 2. The molecule has 0 fully saturated rings. The van der Waals surface area contributed by atoms with E-state index >= 15 is 0 Å². The number of carbonyl (C=O) groups is 2. The van der Waals surface area contributed by atoms with Gasteiger partial charge in [0.2, 0.25) is 11.8 Å². The third kappa shape index (κ3) is 8.86. The summed E-state index contributed by atoms with van der Waals surface area (Å²) in [6, 6.07) is 21.6. The van der Waals surface area contributed by atoms with Crippen molar-refractivity contribution >= 4 is 33.4 Å². The van der Waals surface area contributed by atoms with E-state index in [1.807, 2.05) is 0 Å². The summed E-state index contributed by atoms with van der Waals surface area (Å²) in [7, 11) is 3.30. The second kappa shape index (κ2) is 16.4. The van der Waals surface area contributed by atoms with Gasteiger partial charge in [-0.3, -0.25) is 9.59 Å². The smallest absolute Gasteiger partial charge is 0.221 e. The highest BCUT2D eigenvalue weighted by Gasteiger charge is 2.13. The van der Waals surface area contributed by atoms with E-state index in [-0.39, 0.29) is 11.8 Å². The molecule has 0 aromatic heterocycles. The molecule has 0 spiro atoms. The Morgan fingerprint density at radius 2 is 1.02 bits per heavy atom. The van der Waals surface area contributed by atoms with Crippen LogP contribution in [-0.2, 0) is 22.7 Å². The van der Waals surface area contributed by atoms with Crippen molar-refractivity contribution in [3.8, 4) is 22.3 Å². The molecule has 242 valence electrons. The SMILES string of the molecule is Cc1cccc(-c2cc(CNC(=O)CCSSCCC(=O)NCc3ccc(-c4cccc(C)c4C)c(C)c3C)cc(C)c2C)c1C. The molecule has 0 aliphatic heterocycles. The highest BCUT2D eigenvalue weighted by molar-refractivity contribution is 8.76. The quantitative estimate of drug-likeness (QED) is 0.112. The van der Waals surface area contributed by atoms with Gasteiger partial charge in [0.05, 0.1) is 0 Å². The van der Waals surface area contributed by atoms with Crippen molar-refractivity contribution in [2.45, 2.75) is 81.3 Å². The fraction of sp³-hybridized carbons (Fsp3) is 0.350. The summed E-state index contributed by atoms with van der Waals surface area (Å²) in [5.74, 6) is 1.52. The van der Waals surface area contributed by atoms with Crippen LogP contribution in [-0.4, -0.2) is 23.3 Å². The van der Waals surface area contributed by atoms with E-state index in [1.165, 1.54) is 66.8 Å². The number of aryl methyl sites for hydroxylation is 3. The van der Waals surface area contributed by atoms with E-state index in [1.54, 1.807) is 21.6 Å². The van der Waals surface area contributed by atoms with Crippen molar-refractivity contribution in [1.29, 1.82) is 0 Å². The van der Waals surface area contributed by atoms with Crippen LogP contribution in [0.5, 0.6) is 0 Å². The summed E-state index contributed by atoms with van der Waals surface area (Å²) in [5, 5.41) is 6.18. The topological polar surface area (TPSA) is 58.2 Å². The van der Waals surface area contributed by atoms with Gasteiger partial charge in [-0.1, -0.05) is 76.2 Å². The van der Waals surface area contributed by atoms with Crippen LogP contribution in [0.4, 0.5) is 0 Å². The lowest BCUT2D eigenvalue weighted by molar-refractivity contribution is -0.121. The van der Waals surface area contributed by atoms with Gasteiger partial charge in [0.1, 0.15) is 0 Å². The van der Waals surface area contributed by atoms with Crippen LogP contribution < -0.4 is 10.6 Å². The Bertz CT molecular complexity index is 1730. The second-order valence-corrected chi connectivity index (χ2v) is 15.0. The van der Waals surface area contributed by atoms with Crippen LogP contribution in [0.15, 0.2) is 60.7 Å². The molecule has 0 unspecified atom stereocenters. The molecule has 0 aliphatic rings. The molecule has 4 rings (SSSR count). The first-order valence-corrected chi connectivity index (χ1v) is 18.6. The molecule has 4 aromatic carbocycles.